The Kier molecular flexibility index (Phi) is 7.71. The predicted molar refractivity (Wildman–Crippen MR) is 115 cm³/mol. The van der Waals surface area contributed by atoms with Crippen LogP contribution in [-0.2, 0) is 17.8 Å². The van der Waals surface area contributed by atoms with Gasteiger partial charge >= 0.3 is 0 Å². The second-order valence-electron chi connectivity index (χ2n) is 7.93. The topological polar surface area (TPSA) is 9.23 Å². The number of allylic oxidation sites excluding steroid dienone is 1. The fourth-order valence-electron chi connectivity index (χ4n) is 4.18. The summed E-state index contributed by atoms with van der Waals surface area (Å²) < 4.78 is 5.73. The highest BCUT2D eigenvalue weighted by molar-refractivity contribution is 5.29. The average molecular weight is 363 g/mol. The predicted octanol–water partition coefficient (Wildman–Crippen LogP) is 7.17. The Bertz CT molecular complexity index is 675. The summed E-state index contributed by atoms with van der Waals surface area (Å²) in [5, 5.41) is 0. The first-order chi connectivity index (χ1) is 13.3. The van der Waals surface area contributed by atoms with Gasteiger partial charge in [-0.1, -0.05) is 68.0 Å². The molecule has 3 rings (SSSR count). The zero-order valence-corrected chi connectivity index (χ0v) is 16.8. The van der Waals surface area contributed by atoms with E-state index in [9.17, 15) is 0 Å². The fourth-order valence-corrected chi connectivity index (χ4v) is 4.18. The van der Waals surface area contributed by atoms with Crippen LogP contribution in [0.2, 0.25) is 0 Å². The Hall–Kier alpha value is -1.86. The zero-order chi connectivity index (χ0) is 18.9. The highest BCUT2D eigenvalue weighted by atomic mass is 16.5. The van der Waals surface area contributed by atoms with E-state index in [4.69, 9.17) is 4.74 Å². The normalized spacial score (nSPS) is 19.7. The van der Waals surface area contributed by atoms with Crippen molar-refractivity contribution in [2.75, 3.05) is 6.61 Å². The molecule has 1 aliphatic rings. The van der Waals surface area contributed by atoms with E-state index in [1.807, 2.05) is 6.08 Å². The molecule has 0 bridgehead atoms. The molecular formula is C26H34O. The molecule has 1 saturated carbocycles. The van der Waals surface area contributed by atoms with Crippen molar-refractivity contribution in [3.63, 3.8) is 0 Å². The molecule has 1 aliphatic carbocycles. The molecule has 0 aliphatic heterocycles. The molecule has 0 amide bonds. The summed E-state index contributed by atoms with van der Waals surface area (Å²) in [7, 11) is 0. The largest absolute Gasteiger partial charge is 0.377 e. The zero-order valence-electron chi connectivity index (χ0n) is 16.8. The molecule has 0 N–H and O–H groups in total. The van der Waals surface area contributed by atoms with Gasteiger partial charge in [0.25, 0.3) is 0 Å². The first kappa shape index (κ1) is 19.9. The quantitative estimate of drug-likeness (QED) is 0.339. The van der Waals surface area contributed by atoms with E-state index in [1.165, 1.54) is 54.4 Å². The monoisotopic (exact) mass is 362 g/mol. The van der Waals surface area contributed by atoms with Crippen LogP contribution in [0.3, 0.4) is 0 Å². The third-order valence-electron chi connectivity index (χ3n) is 5.92. The van der Waals surface area contributed by atoms with E-state index in [0.717, 1.165) is 37.9 Å². The van der Waals surface area contributed by atoms with Crippen LogP contribution in [0.1, 0.15) is 79.5 Å². The Morgan fingerprint density at radius 2 is 1.37 bits per heavy atom. The van der Waals surface area contributed by atoms with Gasteiger partial charge in [0.05, 0.1) is 6.61 Å². The molecule has 1 fully saturated rings. The Labute approximate surface area is 165 Å². The molecule has 0 radical (unpaired) electrons. The summed E-state index contributed by atoms with van der Waals surface area (Å²) in [6.45, 7) is 7.64. The molecule has 0 unspecified atom stereocenters. The van der Waals surface area contributed by atoms with Gasteiger partial charge in [0, 0.05) is 6.61 Å². The van der Waals surface area contributed by atoms with E-state index in [0.29, 0.717) is 0 Å². The first-order valence-electron chi connectivity index (χ1n) is 10.7. The Balaban J connectivity index is 1.49. The van der Waals surface area contributed by atoms with Crippen LogP contribution in [0.5, 0.6) is 0 Å². The summed E-state index contributed by atoms with van der Waals surface area (Å²) in [5.41, 5.74) is 5.68. The van der Waals surface area contributed by atoms with Gasteiger partial charge < -0.3 is 4.74 Å². The maximum Gasteiger partial charge on any atom is 0.0716 e. The number of hydrogen-bond acceptors (Lipinski definition) is 1. The highest BCUT2D eigenvalue weighted by Crippen LogP contribution is 2.40. The molecular weight excluding hydrogens is 328 g/mol. The SMILES string of the molecule is C=CCc1ccc([C@H]2CC[C@H](c3ccc(COCCCC)cc3)CC2)cc1. The van der Waals surface area contributed by atoms with E-state index in [1.54, 1.807) is 0 Å². The van der Waals surface area contributed by atoms with Crippen molar-refractivity contribution in [3.05, 3.63) is 83.4 Å². The van der Waals surface area contributed by atoms with Gasteiger partial charge in [-0.15, -0.1) is 6.58 Å². The van der Waals surface area contributed by atoms with Crippen LogP contribution in [-0.4, -0.2) is 6.61 Å². The second kappa shape index (κ2) is 10.5. The molecule has 0 atom stereocenters. The van der Waals surface area contributed by atoms with E-state index >= 15 is 0 Å². The van der Waals surface area contributed by atoms with E-state index < -0.39 is 0 Å². The number of unbranched alkanes of at least 4 members (excludes halogenated alkanes) is 1. The average Bonchev–Trinajstić information content (AvgIpc) is 2.73. The third kappa shape index (κ3) is 5.81. The maximum atomic E-state index is 5.73. The van der Waals surface area contributed by atoms with E-state index in [2.05, 4.69) is 62.0 Å². The van der Waals surface area contributed by atoms with Gasteiger partial charge in [0.15, 0.2) is 0 Å². The molecule has 0 saturated heterocycles. The maximum absolute atomic E-state index is 5.73. The van der Waals surface area contributed by atoms with Crippen LogP contribution >= 0.6 is 0 Å². The molecule has 1 heteroatoms. The fraction of sp³-hybridized carbons (Fsp3) is 0.462. The lowest BCUT2D eigenvalue weighted by Gasteiger charge is -2.29. The highest BCUT2D eigenvalue weighted by Gasteiger charge is 2.23. The number of rotatable bonds is 9. The van der Waals surface area contributed by atoms with Gasteiger partial charge in [-0.05, 0) is 72.6 Å². The lowest BCUT2D eigenvalue weighted by Crippen LogP contribution is -2.12. The molecule has 0 aromatic heterocycles. The summed E-state index contributed by atoms with van der Waals surface area (Å²) in [6, 6.07) is 18.4. The van der Waals surface area contributed by atoms with Crippen molar-refractivity contribution in [2.24, 2.45) is 0 Å². The molecule has 0 heterocycles. The summed E-state index contributed by atoms with van der Waals surface area (Å²) in [6.07, 6.45) is 10.5. The molecule has 27 heavy (non-hydrogen) atoms. The standard InChI is InChI=1S/C26H34O/c1-3-5-19-27-20-22-9-13-24(14-10-22)26-17-15-25(16-18-26)23-11-7-21(6-4-2)8-12-23/h4,7-14,25-26H,2-3,5-6,15-20H2,1H3/t25-,26-. The van der Waals surface area contributed by atoms with Crippen molar-refractivity contribution in [1.82, 2.24) is 0 Å². The van der Waals surface area contributed by atoms with Crippen LogP contribution in [0.4, 0.5) is 0 Å². The molecule has 1 nitrogen and oxygen atoms in total. The Morgan fingerprint density at radius 3 is 1.85 bits per heavy atom. The molecule has 2 aromatic rings. The summed E-state index contributed by atoms with van der Waals surface area (Å²) in [4.78, 5) is 0. The molecule has 2 aromatic carbocycles. The molecule has 144 valence electrons. The Morgan fingerprint density at radius 1 is 0.852 bits per heavy atom. The minimum absolute atomic E-state index is 0.719. The van der Waals surface area contributed by atoms with Gasteiger partial charge in [-0.25, -0.2) is 0 Å². The summed E-state index contributed by atoms with van der Waals surface area (Å²) in [5.74, 6) is 1.45. The van der Waals surface area contributed by atoms with Gasteiger partial charge in [-0.2, -0.15) is 0 Å². The van der Waals surface area contributed by atoms with Crippen LogP contribution in [0.25, 0.3) is 0 Å². The van der Waals surface area contributed by atoms with Crippen LogP contribution in [0, 0.1) is 0 Å². The summed E-state index contributed by atoms with van der Waals surface area (Å²) >= 11 is 0. The minimum atomic E-state index is 0.719. The lowest BCUT2D eigenvalue weighted by molar-refractivity contribution is 0.118. The first-order valence-corrected chi connectivity index (χ1v) is 10.7. The van der Waals surface area contributed by atoms with Crippen LogP contribution in [0.15, 0.2) is 61.2 Å². The smallest absolute Gasteiger partial charge is 0.0716 e. The lowest BCUT2D eigenvalue weighted by atomic mass is 9.76. The molecule has 0 spiro atoms. The van der Waals surface area contributed by atoms with E-state index in [-0.39, 0.29) is 0 Å². The van der Waals surface area contributed by atoms with Gasteiger partial charge in [0.1, 0.15) is 0 Å². The van der Waals surface area contributed by atoms with Gasteiger partial charge in [-0.3, -0.25) is 0 Å². The van der Waals surface area contributed by atoms with Crippen molar-refractivity contribution >= 4 is 0 Å². The number of hydrogen-bond donors (Lipinski definition) is 0. The van der Waals surface area contributed by atoms with Crippen molar-refractivity contribution in [3.8, 4) is 0 Å². The van der Waals surface area contributed by atoms with Crippen molar-refractivity contribution in [1.29, 1.82) is 0 Å². The van der Waals surface area contributed by atoms with Crippen LogP contribution < -0.4 is 0 Å². The minimum Gasteiger partial charge on any atom is -0.377 e. The number of ether oxygens (including phenoxy) is 1. The number of benzene rings is 2. The third-order valence-corrected chi connectivity index (χ3v) is 5.92. The second-order valence-corrected chi connectivity index (χ2v) is 7.93. The van der Waals surface area contributed by atoms with Crippen molar-refractivity contribution < 1.29 is 4.74 Å². The van der Waals surface area contributed by atoms with Gasteiger partial charge in [0.2, 0.25) is 0 Å². The van der Waals surface area contributed by atoms with Crippen molar-refractivity contribution in [2.45, 2.75) is 70.3 Å².